The molecule has 2 aromatic rings. The predicted octanol–water partition coefficient (Wildman–Crippen LogP) is 2.33. The van der Waals surface area contributed by atoms with Gasteiger partial charge >= 0.3 is 0 Å². The SMILES string of the molecule is Ic1noc(Cc2ccsc2)n1. The van der Waals surface area contributed by atoms with Crippen LogP contribution < -0.4 is 0 Å². The fourth-order valence-electron chi connectivity index (χ4n) is 0.874. The minimum atomic E-state index is 0.665. The van der Waals surface area contributed by atoms with Crippen molar-refractivity contribution >= 4 is 33.9 Å². The molecule has 3 nitrogen and oxygen atoms in total. The number of aromatic nitrogens is 2. The molecule has 0 spiro atoms. The van der Waals surface area contributed by atoms with E-state index in [9.17, 15) is 0 Å². The third-order valence-electron chi connectivity index (χ3n) is 1.38. The van der Waals surface area contributed by atoms with Crippen LogP contribution in [0.2, 0.25) is 0 Å². The summed E-state index contributed by atoms with van der Waals surface area (Å²) in [6, 6.07) is 2.06. The molecule has 2 aromatic heterocycles. The maximum Gasteiger partial charge on any atom is 0.232 e. The monoisotopic (exact) mass is 292 g/mol. The summed E-state index contributed by atoms with van der Waals surface area (Å²) in [7, 11) is 0. The molecule has 0 amide bonds. The van der Waals surface area contributed by atoms with E-state index in [4.69, 9.17) is 4.52 Å². The van der Waals surface area contributed by atoms with Crippen molar-refractivity contribution in [1.82, 2.24) is 10.1 Å². The van der Waals surface area contributed by atoms with Gasteiger partial charge in [-0.15, -0.1) is 0 Å². The van der Waals surface area contributed by atoms with Gasteiger partial charge in [0, 0.05) is 22.6 Å². The quantitative estimate of drug-likeness (QED) is 0.797. The van der Waals surface area contributed by atoms with Crippen LogP contribution in [0.25, 0.3) is 0 Å². The molecule has 0 fully saturated rings. The minimum absolute atomic E-state index is 0.665. The van der Waals surface area contributed by atoms with Crippen molar-refractivity contribution in [3.63, 3.8) is 0 Å². The number of hydrogen-bond acceptors (Lipinski definition) is 4. The molecule has 0 atom stereocenters. The third kappa shape index (κ3) is 1.84. The van der Waals surface area contributed by atoms with Crippen LogP contribution >= 0.6 is 33.9 Å². The van der Waals surface area contributed by atoms with Crippen molar-refractivity contribution in [1.29, 1.82) is 0 Å². The molecule has 0 saturated carbocycles. The predicted molar refractivity (Wildman–Crippen MR) is 54.1 cm³/mol. The molecule has 0 aromatic carbocycles. The Morgan fingerprint density at radius 1 is 1.58 bits per heavy atom. The van der Waals surface area contributed by atoms with Gasteiger partial charge in [0.1, 0.15) is 0 Å². The Bertz CT molecular complexity index is 357. The number of hydrogen-bond donors (Lipinski definition) is 0. The summed E-state index contributed by atoms with van der Waals surface area (Å²) >= 11 is 3.70. The van der Waals surface area contributed by atoms with Gasteiger partial charge in [0.05, 0.1) is 6.42 Å². The maximum absolute atomic E-state index is 4.97. The molecular weight excluding hydrogens is 287 g/mol. The normalized spacial score (nSPS) is 10.4. The Morgan fingerprint density at radius 3 is 3.08 bits per heavy atom. The molecule has 62 valence electrons. The van der Waals surface area contributed by atoms with E-state index < -0.39 is 0 Å². The molecule has 0 bridgehead atoms. The summed E-state index contributed by atoms with van der Waals surface area (Å²) < 4.78 is 5.64. The highest BCUT2D eigenvalue weighted by molar-refractivity contribution is 14.1. The first-order valence-corrected chi connectivity index (χ1v) is 5.36. The van der Waals surface area contributed by atoms with E-state index >= 15 is 0 Å². The zero-order valence-corrected chi connectivity index (χ0v) is 9.00. The van der Waals surface area contributed by atoms with Gasteiger partial charge in [-0.2, -0.15) is 16.3 Å². The largest absolute Gasteiger partial charge is 0.338 e. The van der Waals surface area contributed by atoms with Crippen LogP contribution in [-0.4, -0.2) is 10.1 Å². The van der Waals surface area contributed by atoms with Crippen LogP contribution in [0.15, 0.2) is 21.3 Å². The molecule has 5 heteroatoms. The van der Waals surface area contributed by atoms with E-state index in [-0.39, 0.29) is 0 Å². The lowest BCUT2D eigenvalue weighted by Crippen LogP contribution is -1.84. The van der Waals surface area contributed by atoms with Crippen LogP contribution in [-0.2, 0) is 6.42 Å². The first-order valence-electron chi connectivity index (χ1n) is 3.34. The zero-order valence-electron chi connectivity index (χ0n) is 6.03. The van der Waals surface area contributed by atoms with Crippen molar-refractivity contribution in [2.24, 2.45) is 0 Å². The second-order valence-electron chi connectivity index (χ2n) is 2.27. The molecule has 0 radical (unpaired) electrons. The molecule has 12 heavy (non-hydrogen) atoms. The van der Waals surface area contributed by atoms with Gasteiger partial charge in [-0.3, -0.25) is 0 Å². The number of nitrogens with zero attached hydrogens (tertiary/aromatic N) is 2. The van der Waals surface area contributed by atoms with Gasteiger partial charge in [0.15, 0.2) is 0 Å². The highest BCUT2D eigenvalue weighted by Crippen LogP contribution is 2.11. The molecule has 0 aliphatic rings. The Labute approximate surface area is 86.9 Å². The standard InChI is InChI=1S/C7H5IN2OS/c8-7-9-6(11-10-7)3-5-1-2-12-4-5/h1-2,4H,3H2. The number of halogens is 1. The summed E-state index contributed by atoms with van der Waals surface area (Å²) in [5, 5.41) is 7.82. The first kappa shape index (κ1) is 8.18. The van der Waals surface area contributed by atoms with Crippen molar-refractivity contribution in [3.05, 3.63) is 32.1 Å². The molecule has 2 heterocycles. The van der Waals surface area contributed by atoms with Gasteiger partial charge < -0.3 is 4.52 Å². The Hall–Kier alpha value is -0.430. The lowest BCUT2D eigenvalue weighted by molar-refractivity contribution is 0.381. The summed E-state index contributed by atoms with van der Waals surface area (Å²) in [4.78, 5) is 4.10. The van der Waals surface area contributed by atoms with Crippen molar-refractivity contribution in [2.45, 2.75) is 6.42 Å². The van der Waals surface area contributed by atoms with Crippen molar-refractivity contribution in [3.8, 4) is 0 Å². The van der Waals surface area contributed by atoms with E-state index in [1.165, 1.54) is 5.56 Å². The number of rotatable bonds is 2. The lowest BCUT2D eigenvalue weighted by Gasteiger charge is -1.86. The van der Waals surface area contributed by atoms with E-state index in [0.29, 0.717) is 9.72 Å². The summed E-state index contributed by atoms with van der Waals surface area (Å²) in [6.07, 6.45) is 0.736. The van der Waals surface area contributed by atoms with Crippen molar-refractivity contribution in [2.75, 3.05) is 0 Å². The van der Waals surface area contributed by atoms with Gasteiger partial charge in [-0.25, -0.2) is 0 Å². The van der Waals surface area contributed by atoms with E-state index in [1.807, 2.05) is 28.0 Å². The van der Waals surface area contributed by atoms with Crippen LogP contribution in [0.1, 0.15) is 11.5 Å². The second-order valence-corrected chi connectivity index (χ2v) is 4.01. The summed E-state index contributed by atoms with van der Waals surface area (Å²) in [6.45, 7) is 0. The van der Waals surface area contributed by atoms with Gasteiger partial charge in [0.2, 0.25) is 9.72 Å². The average Bonchev–Trinajstić information content (AvgIpc) is 2.63. The minimum Gasteiger partial charge on any atom is -0.338 e. The number of thiophene rings is 1. The fourth-order valence-corrected chi connectivity index (χ4v) is 1.91. The highest BCUT2D eigenvalue weighted by atomic mass is 127. The molecular formula is C7H5IN2OS. The van der Waals surface area contributed by atoms with Crippen LogP contribution in [0.5, 0.6) is 0 Å². The summed E-state index contributed by atoms with van der Waals surface area (Å²) in [5.41, 5.74) is 1.22. The Kier molecular flexibility index (Phi) is 2.40. The Morgan fingerprint density at radius 2 is 2.50 bits per heavy atom. The molecule has 2 rings (SSSR count). The average molecular weight is 292 g/mol. The second kappa shape index (κ2) is 3.53. The molecule has 0 unspecified atom stereocenters. The Balaban J connectivity index is 2.14. The summed E-state index contributed by atoms with van der Waals surface area (Å²) in [5.74, 6) is 0.679. The van der Waals surface area contributed by atoms with Gasteiger partial charge in [0.25, 0.3) is 0 Å². The zero-order chi connectivity index (χ0) is 8.39. The van der Waals surface area contributed by atoms with Gasteiger partial charge in [-0.1, -0.05) is 5.16 Å². The maximum atomic E-state index is 4.97. The first-order chi connectivity index (χ1) is 5.84. The molecule has 0 aliphatic carbocycles. The molecule has 0 aliphatic heterocycles. The smallest absolute Gasteiger partial charge is 0.232 e. The highest BCUT2D eigenvalue weighted by Gasteiger charge is 2.04. The van der Waals surface area contributed by atoms with E-state index in [0.717, 1.165) is 6.42 Å². The van der Waals surface area contributed by atoms with Crippen molar-refractivity contribution < 1.29 is 4.52 Å². The van der Waals surface area contributed by atoms with Crippen LogP contribution in [0.3, 0.4) is 0 Å². The third-order valence-corrected chi connectivity index (χ3v) is 2.55. The van der Waals surface area contributed by atoms with E-state index in [1.54, 1.807) is 11.3 Å². The topological polar surface area (TPSA) is 38.9 Å². The van der Waals surface area contributed by atoms with Crippen LogP contribution in [0, 0.1) is 3.83 Å². The van der Waals surface area contributed by atoms with E-state index in [2.05, 4.69) is 21.6 Å². The fraction of sp³-hybridized carbons (Fsp3) is 0.143. The van der Waals surface area contributed by atoms with Crippen LogP contribution in [0.4, 0.5) is 0 Å². The lowest BCUT2D eigenvalue weighted by atomic mass is 10.2. The molecule has 0 N–H and O–H groups in total. The molecule has 0 saturated heterocycles. The van der Waals surface area contributed by atoms with Gasteiger partial charge in [-0.05, 0) is 22.4 Å².